The molecule has 4 heteroatoms. The van der Waals surface area contributed by atoms with Gasteiger partial charge in [0.25, 0.3) is 0 Å². The Bertz CT molecular complexity index is 620. The third-order valence-corrected chi connectivity index (χ3v) is 2.95. The van der Waals surface area contributed by atoms with E-state index in [-0.39, 0.29) is 17.0 Å². The van der Waals surface area contributed by atoms with Crippen molar-refractivity contribution >= 4 is 11.5 Å². The summed E-state index contributed by atoms with van der Waals surface area (Å²) >= 11 is 0. The highest BCUT2D eigenvalue weighted by atomic mass is 16.5. The van der Waals surface area contributed by atoms with Crippen LogP contribution in [0.4, 0.5) is 5.69 Å². The lowest BCUT2D eigenvalue weighted by Crippen LogP contribution is -2.03. The summed E-state index contributed by atoms with van der Waals surface area (Å²) in [6.45, 7) is 4.84. The summed E-state index contributed by atoms with van der Waals surface area (Å²) < 4.78 is 10.6. The van der Waals surface area contributed by atoms with Crippen LogP contribution in [0.2, 0.25) is 0 Å². The maximum Gasteiger partial charge on any atom is 0.195 e. The van der Waals surface area contributed by atoms with Crippen LogP contribution in [0.25, 0.3) is 0 Å². The number of hydrogen-bond donors (Lipinski definition) is 0. The van der Waals surface area contributed by atoms with Crippen LogP contribution in [0.3, 0.4) is 0 Å². The van der Waals surface area contributed by atoms with E-state index in [1.807, 2.05) is 13.8 Å². The molecule has 0 aliphatic rings. The molecule has 0 unspecified atom stereocenters. The molecule has 2 aromatic carbocycles. The van der Waals surface area contributed by atoms with Crippen molar-refractivity contribution in [2.45, 2.75) is 13.8 Å². The second-order valence-corrected chi connectivity index (χ2v) is 4.40. The van der Waals surface area contributed by atoms with E-state index in [1.165, 1.54) is 6.07 Å². The van der Waals surface area contributed by atoms with Crippen LogP contribution < -0.4 is 15.2 Å². The van der Waals surface area contributed by atoms with Crippen molar-refractivity contribution in [2.24, 2.45) is 0 Å². The molecule has 0 fully saturated rings. The molecule has 0 heterocycles. The average molecular weight is 283 g/mol. The maximum absolute atomic E-state index is 12.4. The number of rotatable bonds is 6. The van der Waals surface area contributed by atoms with Gasteiger partial charge in [-0.15, -0.1) is 5.73 Å². The van der Waals surface area contributed by atoms with Gasteiger partial charge in [0, 0.05) is 11.6 Å². The molecule has 0 aliphatic carbocycles. The maximum atomic E-state index is 12.4. The second kappa shape index (κ2) is 6.79. The van der Waals surface area contributed by atoms with Gasteiger partial charge in [0.1, 0.15) is 17.2 Å². The highest BCUT2D eigenvalue weighted by molar-refractivity contribution is 6.11. The normalized spacial score (nSPS) is 10.2. The number of hydrogen-bond acceptors (Lipinski definition) is 3. The van der Waals surface area contributed by atoms with E-state index in [1.54, 1.807) is 36.4 Å². The van der Waals surface area contributed by atoms with Crippen molar-refractivity contribution in [1.82, 2.24) is 5.73 Å². The van der Waals surface area contributed by atoms with Gasteiger partial charge in [0.05, 0.1) is 18.8 Å². The smallest absolute Gasteiger partial charge is 0.195 e. The Balaban J connectivity index is 2.23. The number of nitrogens with zero attached hydrogens (tertiary/aromatic N) is 1. The van der Waals surface area contributed by atoms with E-state index in [2.05, 4.69) is 0 Å². The molecule has 2 rings (SSSR count). The van der Waals surface area contributed by atoms with E-state index >= 15 is 0 Å². The van der Waals surface area contributed by atoms with Crippen molar-refractivity contribution in [3.05, 3.63) is 53.6 Å². The molecule has 0 amide bonds. The Kier molecular flexibility index (Phi) is 4.82. The molecule has 2 aromatic rings. The van der Waals surface area contributed by atoms with Crippen LogP contribution in [0.1, 0.15) is 29.8 Å². The predicted molar refractivity (Wildman–Crippen MR) is 80.4 cm³/mol. The number of ketones is 1. The Morgan fingerprint density at radius 3 is 2.10 bits per heavy atom. The third kappa shape index (κ3) is 3.54. The fourth-order valence-corrected chi connectivity index (χ4v) is 1.98. The summed E-state index contributed by atoms with van der Waals surface area (Å²) in [5.74, 6) is 1.02. The molecular weight excluding hydrogens is 266 g/mol. The zero-order chi connectivity index (χ0) is 15.2. The number of benzene rings is 2. The molecule has 0 N–H and O–H groups in total. The standard InChI is InChI=1S/C17H17NO3/c1-3-20-13-7-5-12(6-8-13)17(19)15-10-9-14(21-4-2)11-16(15)18/h5-11H,3-4H2,1-2H3. The van der Waals surface area contributed by atoms with Crippen molar-refractivity contribution < 1.29 is 14.3 Å². The fraction of sp³-hybridized carbons (Fsp3) is 0.235. The summed E-state index contributed by atoms with van der Waals surface area (Å²) in [7, 11) is 0. The first kappa shape index (κ1) is 14.9. The lowest BCUT2D eigenvalue weighted by Gasteiger charge is -2.08. The topological polar surface area (TPSA) is 57.8 Å². The van der Waals surface area contributed by atoms with Gasteiger partial charge in [-0.25, -0.2) is 0 Å². The average Bonchev–Trinajstić information content (AvgIpc) is 2.48. The number of ether oxygens (including phenoxy) is 2. The van der Waals surface area contributed by atoms with Gasteiger partial charge >= 0.3 is 0 Å². The lowest BCUT2D eigenvalue weighted by molar-refractivity contribution is 0.103. The summed E-state index contributed by atoms with van der Waals surface area (Å²) in [5, 5.41) is 0. The van der Waals surface area contributed by atoms with Crippen molar-refractivity contribution in [3.63, 3.8) is 0 Å². The van der Waals surface area contributed by atoms with Crippen LogP contribution in [-0.4, -0.2) is 19.0 Å². The van der Waals surface area contributed by atoms with Crippen molar-refractivity contribution in [3.8, 4) is 11.5 Å². The van der Waals surface area contributed by atoms with Gasteiger partial charge in [-0.3, -0.25) is 4.79 Å². The first-order chi connectivity index (χ1) is 10.2. The second-order valence-electron chi connectivity index (χ2n) is 4.40. The summed E-state index contributed by atoms with van der Waals surface area (Å²) in [4.78, 5) is 12.4. The summed E-state index contributed by atoms with van der Waals surface area (Å²) in [5.41, 5.74) is 10.6. The lowest BCUT2D eigenvalue weighted by atomic mass is 10.0. The van der Waals surface area contributed by atoms with Gasteiger partial charge in [0.2, 0.25) is 0 Å². The molecule has 0 saturated heterocycles. The minimum Gasteiger partial charge on any atom is -0.494 e. The zero-order valence-corrected chi connectivity index (χ0v) is 12.1. The monoisotopic (exact) mass is 283 g/mol. The number of carbonyl (C=O) groups excluding carboxylic acids is 1. The summed E-state index contributed by atoms with van der Waals surface area (Å²) in [6.07, 6.45) is 0. The van der Waals surface area contributed by atoms with Gasteiger partial charge < -0.3 is 9.47 Å². The highest BCUT2D eigenvalue weighted by Crippen LogP contribution is 2.24. The van der Waals surface area contributed by atoms with Crippen molar-refractivity contribution in [1.29, 1.82) is 0 Å². The van der Waals surface area contributed by atoms with Crippen LogP contribution in [0, 0.1) is 0 Å². The predicted octanol–water partition coefficient (Wildman–Crippen LogP) is 3.42. The number of carbonyl (C=O) groups is 1. The molecule has 108 valence electrons. The SMILES string of the molecule is CCOc1ccc(C(=O)c2ccc(OCC)cc2[N])cc1. The van der Waals surface area contributed by atoms with E-state index in [0.717, 1.165) is 0 Å². The minimum absolute atomic E-state index is 0.0835. The Morgan fingerprint density at radius 2 is 1.52 bits per heavy atom. The zero-order valence-electron chi connectivity index (χ0n) is 12.1. The first-order valence-electron chi connectivity index (χ1n) is 6.89. The molecular formula is C17H17NO3. The highest BCUT2D eigenvalue weighted by Gasteiger charge is 2.14. The van der Waals surface area contributed by atoms with Crippen LogP contribution >= 0.6 is 0 Å². The summed E-state index contributed by atoms with van der Waals surface area (Å²) in [6, 6.07) is 11.5. The van der Waals surface area contributed by atoms with Crippen LogP contribution in [-0.2, 0) is 0 Å². The molecule has 0 aliphatic heterocycles. The quantitative estimate of drug-likeness (QED) is 0.763. The van der Waals surface area contributed by atoms with E-state index in [4.69, 9.17) is 9.47 Å². The van der Waals surface area contributed by atoms with E-state index in [0.29, 0.717) is 30.3 Å². The molecule has 0 spiro atoms. The van der Waals surface area contributed by atoms with Crippen molar-refractivity contribution in [2.75, 3.05) is 13.2 Å². The molecule has 4 nitrogen and oxygen atoms in total. The molecule has 0 saturated carbocycles. The largest absolute Gasteiger partial charge is 0.494 e. The molecule has 0 atom stereocenters. The third-order valence-electron chi connectivity index (χ3n) is 2.95. The molecule has 2 radical (unpaired) electrons. The Hall–Kier alpha value is -2.49. The minimum atomic E-state index is -0.237. The van der Waals surface area contributed by atoms with Crippen LogP contribution in [0.15, 0.2) is 42.5 Å². The first-order valence-corrected chi connectivity index (χ1v) is 6.89. The molecule has 0 aromatic heterocycles. The van der Waals surface area contributed by atoms with Gasteiger partial charge in [-0.05, 0) is 50.2 Å². The Morgan fingerprint density at radius 1 is 0.952 bits per heavy atom. The van der Waals surface area contributed by atoms with Gasteiger partial charge in [0.15, 0.2) is 5.78 Å². The van der Waals surface area contributed by atoms with E-state index < -0.39 is 0 Å². The molecule has 0 bridgehead atoms. The fourth-order valence-electron chi connectivity index (χ4n) is 1.98. The van der Waals surface area contributed by atoms with Gasteiger partial charge in [-0.1, -0.05) is 0 Å². The molecule has 21 heavy (non-hydrogen) atoms. The van der Waals surface area contributed by atoms with Crippen LogP contribution in [0.5, 0.6) is 11.5 Å². The van der Waals surface area contributed by atoms with Gasteiger partial charge in [-0.2, -0.15) is 0 Å². The Labute approximate surface area is 124 Å². The van der Waals surface area contributed by atoms with E-state index in [9.17, 15) is 10.5 Å².